The van der Waals surface area contributed by atoms with E-state index in [4.69, 9.17) is 17.0 Å². The van der Waals surface area contributed by atoms with Gasteiger partial charge in [0.1, 0.15) is 29.1 Å². The van der Waals surface area contributed by atoms with Crippen LogP contribution in [0.2, 0.25) is 0 Å². The van der Waals surface area contributed by atoms with Gasteiger partial charge in [-0.2, -0.15) is 0 Å². The van der Waals surface area contributed by atoms with E-state index >= 15 is 0 Å². The minimum Gasteiger partial charge on any atom is -0.457 e. The number of Topliss-reactive ketones (excluding diaryl/α,β-unsaturated/α-hetero) is 1. The Bertz CT molecular complexity index is 1170. The minimum atomic E-state index is -4.92. The van der Waals surface area contributed by atoms with Gasteiger partial charge in [0.05, 0.1) is 14.2 Å². The Labute approximate surface area is 179 Å². The third-order valence-electron chi connectivity index (χ3n) is 4.02. The Balaban J connectivity index is 1.72. The topological polar surface area (TPSA) is 88.1 Å². The number of benzene rings is 2. The summed E-state index contributed by atoms with van der Waals surface area (Å²) in [7, 11) is -4.10. The first-order valence-electron chi connectivity index (χ1n) is 9.87. The van der Waals surface area contributed by atoms with Crippen LogP contribution in [0.1, 0.15) is 16.6 Å². The number of sulfone groups is 1. The van der Waals surface area contributed by atoms with E-state index in [-0.39, 0.29) is 29.0 Å². The Kier molecular flexibility index (Phi) is 5.55. The lowest BCUT2D eigenvalue weighted by molar-refractivity contribution is -0.274. The fourth-order valence-corrected chi connectivity index (χ4v) is 3.88. The minimum absolute atomic E-state index is 0.0694. The molecule has 2 aromatic carbocycles. The fraction of sp³-hybridized carbons (Fsp3) is 0.350. The van der Waals surface area contributed by atoms with Gasteiger partial charge in [-0.05, 0) is 62.3 Å². The second-order valence-corrected chi connectivity index (χ2v) is 8.96. The van der Waals surface area contributed by atoms with Crippen molar-refractivity contribution in [2.45, 2.75) is 37.0 Å². The monoisotopic (exact) mass is 464 g/mol. The van der Waals surface area contributed by atoms with Crippen LogP contribution < -0.4 is 9.47 Å². The normalized spacial score (nSPS) is 19.5. The van der Waals surface area contributed by atoms with E-state index < -0.39 is 51.4 Å². The van der Waals surface area contributed by atoms with E-state index in [1.165, 1.54) is 0 Å². The lowest BCUT2D eigenvalue weighted by atomic mass is 10.3. The lowest BCUT2D eigenvalue weighted by Crippen LogP contribution is -2.31. The average molecular weight is 464 g/mol. The molecule has 0 unspecified atom stereocenters. The van der Waals surface area contributed by atoms with Gasteiger partial charge in [-0.3, -0.25) is 4.79 Å². The van der Waals surface area contributed by atoms with Gasteiger partial charge in [-0.1, -0.05) is 0 Å². The van der Waals surface area contributed by atoms with Crippen molar-refractivity contribution in [1.29, 1.82) is 0 Å². The van der Waals surface area contributed by atoms with Crippen LogP contribution in [0.5, 0.6) is 17.2 Å². The number of ketones is 1. The maximum atomic E-state index is 12.6. The van der Waals surface area contributed by atoms with E-state index in [0.29, 0.717) is 0 Å². The second kappa shape index (κ2) is 8.48. The van der Waals surface area contributed by atoms with Gasteiger partial charge in [0.25, 0.3) is 0 Å². The summed E-state index contributed by atoms with van der Waals surface area (Å²) in [5.74, 6) is -3.47. The van der Waals surface area contributed by atoms with Crippen LogP contribution in [0.15, 0.2) is 53.4 Å². The highest BCUT2D eigenvalue weighted by atomic mass is 32.2. The molecule has 2 aromatic rings. The molecular weight excluding hydrogens is 441 g/mol. The molecule has 0 radical (unpaired) electrons. The van der Waals surface area contributed by atoms with Crippen molar-refractivity contribution in [1.82, 2.24) is 0 Å². The van der Waals surface area contributed by atoms with Crippen LogP contribution in [0.25, 0.3) is 0 Å². The molecule has 3 rings (SSSR count). The van der Waals surface area contributed by atoms with Crippen LogP contribution in [-0.4, -0.2) is 44.8 Å². The van der Waals surface area contributed by atoms with Gasteiger partial charge in [0.2, 0.25) is 0 Å². The number of carbonyl (C=O) groups excluding carboxylic acids is 1. The molecule has 168 valence electrons. The van der Waals surface area contributed by atoms with Crippen molar-refractivity contribution in [2.24, 2.45) is 0 Å². The van der Waals surface area contributed by atoms with Crippen molar-refractivity contribution in [3.05, 3.63) is 48.5 Å². The predicted molar refractivity (Wildman–Crippen MR) is 102 cm³/mol. The Morgan fingerprint density at radius 2 is 1.74 bits per heavy atom. The van der Waals surface area contributed by atoms with Crippen LogP contribution in [-0.2, 0) is 24.1 Å². The fourth-order valence-electron chi connectivity index (χ4n) is 2.64. The highest BCUT2D eigenvalue weighted by molar-refractivity contribution is 7.92. The van der Waals surface area contributed by atoms with Crippen molar-refractivity contribution in [2.75, 3.05) is 12.4 Å². The summed E-state index contributed by atoms with van der Waals surface area (Å²) in [4.78, 5) is 12.0. The molecular formula is C20H19F3O7S. The number of alkyl halides is 3. The van der Waals surface area contributed by atoms with E-state index in [1.807, 2.05) is 0 Å². The Morgan fingerprint density at radius 1 is 1.13 bits per heavy atom. The number of carbonyl (C=O) groups is 1. The zero-order valence-corrected chi connectivity index (χ0v) is 17.2. The molecule has 1 fully saturated rings. The van der Waals surface area contributed by atoms with Gasteiger partial charge in [-0.25, -0.2) is 8.42 Å². The summed E-state index contributed by atoms with van der Waals surface area (Å²) in [5.41, 5.74) is 0. The summed E-state index contributed by atoms with van der Waals surface area (Å²) in [6, 6.07) is 5.20. The average Bonchev–Trinajstić information content (AvgIpc) is 3.03. The number of halogens is 3. The molecule has 7 nitrogen and oxygen atoms in total. The summed E-state index contributed by atoms with van der Waals surface area (Å²) < 4.78 is 97.6. The molecule has 11 heteroatoms. The van der Waals surface area contributed by atoms with E-state index in [1.54, 1.807) is 13.8 Å². The standard InChI is InChI=1S/C20H19F3O7S/c1-19(2)27-11-18(30-19)17(24)12-31(25,26)16-9-7-14(8-10-16)28-13-3-5-15(6-4-13)29-20(21,22)23/h3-10,18H,11-12H2,1-2H3/t18-/m1/s1/i3T,7T. The quantitative estimate of drug-likeness (QED) is 0.615. The van der Waals surface area contributed by atoms with Gasteiger partial charge < -0.3 is 18.9 Å². The van der Waals surface area contributed by atoms with Crippen molar-refractivity contribution >= 4 is 15.6 Å². The largest absolute Gasteiger partial charge is 0.573 e. The maximum absolute atomic E-state index is 12.6. The van der Waals surface area contributed by atoms with Gasteiger partial charge in [-0.15, -0.1) is 13.2 Å². The van der Waals surface area contributed by atoms with Crippen LogP contribution in [0.4, 0.5) is 13.2 Å². The summed E-state index contributed by atoms with van der Waals surface area (Å²) >= 11 is 0. The zero-order chi connectivity index (χ0) is 24.6. The predicted octanol–water partition coefficient (Wildman–Crippen LogP) is 3.87. The molecule has 1 aliphatic heterocycles. The molecule has 0 amide bonds. The Morgan fingerprint density at radius 3 is 2.29 bits per heavy atom. The van der Waals surface area contributed by atoms with E-state index in [9.17, 15) is 26.4 Å². The molecule has 0 spiro atoms. The molecule has 1 heterocycles. The summed E-state index contributed by atoms with van der Waals surface area (Å²) in [6.07, 6.45) is -5.94. The molecule has 0 saturated carbocycles. The van der Waals surface area contributed by atoms with Gasteiger partial charge >= 0.3 is 6.36 Å². The van der Waals surface area contributed by atoms with E-state index in [2.05, 4.69) is 4.74 Å². The second-order valence-electron chi connectivity index (χ2n) is 6.97. The van der Waals surface area contributed by atoms with E-state index in [0.717, 1.165) is 36.4 Å². The van der Waals surface area contributed by atoms with Crippen molar-refractivity contribution < 1.29 is 48.1 Å². The SMILES string of the molecule is [3H]c1cc(OC(F)(F)F)ccc1Oc1ccc(S(=O)(=O)CC(=O)[C@H]2COC(C)(C)O2)cc1[3H]. The molecule has 0 aromatic heterocycles. The van der Waals surface area contributed by atoms with Crippen LogP contribution in [0, 0.1) is 0 Å². The third-order valence-corrected chi connectivity index (χ3v) is 5.66. The highest BCUT2D eigenvalue weighted by Gasteiger charge is 2.38. The first-order valence-corrected chi connectivity index (χ1v) is 10.5. The third kappa shape index (κ3) is 6.42. The smallest absolute Gasteiger partial charge is 0.457 e. The highest BCUT2D eigenvalue weighted by Crippen LogP contribution is 2.28. The number of hydrogen-bond donors (Lipinski definition) is 0. The first-order chi connectivity index (χ1) is 15.2. The number of hydrogen-bond acceptors (Lipinski definition) is 7. The Hall–Kier alpha value is -2.63. The first kappa shape index (κ1) is 20.3. The summed E-state index contributed by atoms with van der Waals surface area (Å²) in [5, 5.41) is 0. The molecule has 0 N–H and O–H groups in total. The lowest BCUT2D eigenvalue weighted by Gasteiger charge is -2.16. The molecule has 1 aliphatic rings. The van der Waals surface area contributed by atoms with Crippen molar-refractivity contribution in [3.63, 3.8) is 0 Å². The molecule has 0 aliphatic carbocycles. The van der Waals surface area contributed by atoms with Gasteiger partial charge in [0.15, 0.2) is 21.4 Å². The van der Waals surface area contributed by atoms with Crippen LogP contribution in [0.3, 0.4) is 0 Å². The van der Waals surface area contributed by atoms with Crippen LogP contribution >= 0.6 is 0 Å². The number of rotatable bonds is 7. The van der Waals surface area contributed by atoms with Gasteiger partial charge in [0, 0.05) is 0 Å². The van der Waals surface area contributed by atoms with Crippen molar-refractivity contribution in [3.8, 4) is 17.2 Å². The zero-order valence-electron chi connectivity index (χ0n) is 18.4. The molecule has 0 bridgehead atoms. The molecule has 31 heavy (non-hydrogen) atoms. The summed E-state index contributed by atoms with van der Waals surface area (Å²) in [6.45, 7) is 3.12. The molecule has 1 atom stereocenters. The molecule has 1 saturated heterocycles. The number of ether oxygens (including phenoxy) is 4. The maximum Gasteiger partial charge on any atom is 0.573 e.